The molecule has 18 nitrogen and oxygen atoms in total. The first kappa shape index (κ1) is 40.7. The lowest BCUT2D eigenvalue weighted by atomic mass is 9.97. The first-order valence-electron chi connectivity index (χ1n) is 15.8. The number of unbranched alkanes of at least 4 members (excludes halogenated alkanes) is 1. The number of nitrogens with one attached hydrogen (secondary N) is 6. The summed E-state index contributed by atoms with van der Waals surface area (Å²) in [7, 11) is 0. The van der Waals surface area contributed by atoms with Crippen LogP contribution < -0.4 is 43.4 Å². The van der Waals surface area contributed by atoms with Gasteiger partial charge in [0, 0.05) is 6.42 Å². The average molecular weight is 671 g/mol. The van der Waals surface area contributed by atoms with Crippen LogP contribution in [-0.4, -0.2) is 107 Å². The Balaban J connectivity index is 3.03. The normalized spacial score (nSPS) is 17.9. The molecule has 0 aromatic carbocycles. The molecule has 0 bridgehead atoms. The van der Waals surface area contributed by atoms with Crippen LogP contribution in [0.4, 0.5) is 0 Å². The number of carbonyl (C=O) groups is 8. The maximum Gasteiger partial charge on any atom is 0.326 e. The summed E-state index contributed by atoms with van der Waals surface area (Å²) in [4.78, 5) is 99.3. The summed E-state index contributed by atoms with van der Waals surface area (Å²) in [5.74, 6) is -7.76. The Morgan fingerprint density at radius 1 is 0.809 bits per heavy atom. The van der Waals surface area contributed by atoms with Crippen molar-refractivity contribution in [2.45, 2.75) is 115 Å². The zero-order chi connectivity index (χ0) is 35.7. The fraction of sp³-hybridized carbons (Fsp3) is 0.724. The Bertz CT molecular complexity index is 1130. The van der Waals surface area contributed by atoms with E-state index in [1.165, 1.54) is 6.92 Å². The maximum absolute atomic E-state index is 13.5. The fourth-order valence-corrected chi connectivity index (χ4v) is 4.76. The van der Waals surface area contributed by atoms with Crippen LogP contribution in [0.2, 0.25) is 0 Å². The van der Waals surface area contributed by atoms with E-state index >= 15 is 0 Å². The lowest BCUT2D eigenvalue weighted by Gasteiger charge is -2.28. The van der Waals surface area contributed by atoms with Crippen molar-refractivity contribution >= 4 is 47.4 Å². The van der Waals surface area contributed by atoms with Gasteiger partial charge < -0.3 is 53.6 Å². The number of carboxylic acid groups (broad SMARTS) is 2. The Hall–Kier alpha value is -4.32. The Labute approximate surface area is 273 Å². The highest BCUT2D eigenvalue weighted by molar-refractivity contribution is 5.97. The van der Waals surface area contributed by atoms with E-state index < -0.39 is 96.0 Å². The first-order chi connectivity index (χ1) is 22.1. The second-order valence-corrected chi connectivity index (χ2v) is 11.7. The largest absolute Gasteiger partial charge is 0.481 e. The zero-order valence-electron chi connectivity index (χ0n) is 27.1. The highest BCUT2D eigenvalue weighted by Crippen LogP contribution is 2.11. The summed E-state index contributed by atoms with van der Waals surface area (Å²) in [6.07, 6.45) is 1.41. The first-order valence-corrected chi connectivity index (χ1v) is 15.8. The third kappa shape index (κ3) is 14.8. The van der Waals surface area contributed by atoms with Crippen molar-refractivity contribution in [1.29, 1.82) is 0 Å². The lowest BCUT2D eigenvalue weighted by molar-refractivity contribution is -0.143. The monoisotopic (exact) mass is 670 g/mol. The van der Waals surface area contributed by atoms with Gasteiger partial charge in [-0.1, -0.05) is 20.3 Å². The van der Waals surface area contributed by atoms with Gasteiger partial charge in [-0.2, -0.15) is 0 Å². The number of rotatable bonds is 22. The topological polar surface area (TPSA) is 301 Å². The Morgan fingerprint density at radius 2 is 1.45 bits per heavy atom. The highest BCUT2D eigenvalue weighted by Gasteiger charge is 2.34. The van der Waals surface area contributed by atoms with Crippen LogP contribution in [0.5, 0.6) is 0 Å². The molecule has 0 aromatic rings. The summed E-state index contributed by atoms with van der Waals surface area (Å²) in [6.45, 7) is 5.68. The predicted octanol–water partition coefficient (Wildman–Crippen LogP) is -2.82. The van der Waals surface area contributed by atoms with Gasteiger partial charge in [-0.25, -0.2) is 4.79 Å². The number of nitrogens with two attached hydrogens (primary N) is 2. The number of aliphatic carboxylic acids is 2. The summed E-state index contributed by atoms with van der Waals surface area (Å²) < 4.78 is 0. The van der Waals surface area contributed by atoms with Crippen LogP contribution in [0, 0.1) is 5.92 Å². The molecule has 6 amide bonds. The van der Waals surface area contributed by atoms with Gasteiger partial charge in [-0.15, -0.1) is 0 Å². The number of amides is 6. The van der Waals surface area contributed by atoms with Gasteiger partial charge in [-0.05, 0) is 64.5 Å². The van der Waals surface area contributed by atoms with E-state index in [9.17, 15) is 48.6 Å². The van der Waals surface area contributed by atoms with Crippen molar-refractivity contribution in [2.75, 3.05) is 13.1 Å². The maximum atomic E-state index is 13.5. The molecule has 0 aromatic heterocycles. The molecule has 7 unspecified atom stereocenters. The van der Waals surface area contributed by atoms with E-state index in [4.69, 9.17) is 11.5 Å². The van der Waals surface area contributed by atoms with Crippen molar-refractivity contribution in [3.8, 4) is 0 Å². The number of carboxylic acids is 2. The summed E-state index contributed by atoms with van der Waals surface area (Å²) in [6, 6.07) is -7.13. The molecular weight excluding hydrogens is 620 g/mol. The minimum absolute atomic E-state index is 0.0949. The SMILES string of the molecule is CCC(C)C(NC(=O)C(C)NC(=O)C(CC(=O)O)NC(=O)C1CCCN1)C(=O)NC(CCCCN)C(=O)NC(CCC(N)=O)C(=O)O. The van der Waals surface area contributed by atoms with Gasteiger partial charge in [0.15, 0.2) is 0 Å². The number of hydrogen-bond donors (Lipinski definition) is 10. The van der Waals surface area contributed by atoms with Crippen molar-refractivity contribution in [3.63, 3.8) is 0 Å². The second kappa shape index (κ2) is 20.7. The number of carbonyl (C=O) groups excluding carboxylic acids is 6. The van der Waals surface area contributed by atoms with Crippen molar-refractivity contribution in [3.05, 3.63) is 0 Å². The van der Waals surface area contributed by atoms with Gasteiger partial charge in [-0.3, -0.25) is 33.6 Å². The molecule has 0 saturated carbocycles. The van der Waals surface area contributed by atoms with Gasteiger partial charge in [0.1, 0.15) is 30.2 Å². The van der Waals surface area contributed by atoms with Crippen LogP contribution in [0.1, 0.15) is 78.6 Å². The van der Waals surface area contributed by atoms with E-state index in [1.807, 2.05) is 0 Å². The molecule has 1 saturated heterocycles. The van der Waals surface area contributed by atoms with Crippen LogP contribution in [0.25, 0.3) is 0 Å². The quantitative estimate of drug-likeness (QED) is 0.0522. The third-order valence-electron chi connectivity index (χ3n) is 7.81. The van der Waals surface area contributed by atoms with Gasteiger partial charge >= 0.3 is 11.9 Å². The molecule has 47 heavy (non-hydrogen) atoms. The standard InChI is InChI=1S/C29H50N8O10/c1-4-15(2)23(28(45)34-18(8-5-6-12-30)26(43)35-19(29(46)47)10-11-21(31)38)37-24(41)16(3)33-27(44)20(14-22(39)40)36-25(42)17-9-7-13-32-17/h15-20,23,32H,4-14,30H2,1-3H3,(H2,31,38)(H,33,44)(H,34,45)(H,35,43)(H,36,42)(H,37,41)(H,39,40)(H,46,47). The molecule has 266 valence electrons. The summed E-state index contributed by atoms with van der Waals surface area (Å²) in [5.41, 5.74) is 10.7. The van der Waals surface area contributed by atoms with E-state index in [0.717, 1.165) is 6.42 Å². The molecule has 1 aliphatic rings. The molecule has 0 spiro atoms. The van der Waals surface area contributed by atoms with Crippen molar-refractivity contribution in [1.82, 2.24) is 31.9 Å². The molecule has 1 fully saturated rings. The molecule has 7 atom stereocenters. The minimum atomic E-state index is -1.46. The van der Waals surface area contributed by atoms with Gasteiger partial charge in [0.05, 0.1) is 12.5 Å². The van der Waals surface area contributed by atoms with Gasteiger partial charge in [0.25, 0.3) is 0 Å². The van der Waals surface area contributed by atoms with Crippen LogP contribution >= 0.6 is 0 Å². The zero-order valence-corrected chi connectivity index (χ0v) is 27.1. The summed E-state index contributed by atoms with van der Waals surface area (Å²) in [5, 5.41) is 34.0. The van der Waals surface area contributed by atoms with Crippen molar-refractivity contribution in [2.24, 2.45) is 17.4 Å². The number of primary amides is 1. The summed E-state index contributed by atoms with van der Waals surface area (Å²) >= 11 is 0. The lowest BCUT2D eigenvalue weighted by Crippen LogP contribution is -2.60. The minimum Gasteiger partial charge on any atom is -0.481 e. The smallest absolute Gasteiger partial charge is 0.326 e. The number of hydrogen-bond acceptors (Lipinski definition) is 10. The molecule has 0 radical (unpaired) electrons. The molecular formula is C29H50N8O10. The molecule has 1 aliphatic heterocycles. The molecule has 0 aliphatic carbocycles. The second-order valence-electron chi connectivity index (χ2n) is 11.7. The average Bonchev–Trinajstić information content (AvgIpc) is 3.55. The van der Waals surface area contributed by atoms with Crippen LogP contribution in [0.3, 0.4) is 0 Å². The fourth-order valence-electron chi connectivity index (χ4n) is 4.76. The molecule has 1 heterocycles. The van der Waals surface area contributed by atoms with Crippen LogP contribution in [-0.2, 0) is 38.4 Å². The van der Waals surface area contributed by atoms with Gasteiger partial charge in [0.2, 0.25) is 35.4 Å². The Morgan fingerprint density at radius 3 is 1.98 bits per heavy atom. The Kier molecular flexibility index (Phi) is 18.0. The predicted molar refractivity (Wildman–Crippen MR) is 167 cm³/mol. The van der Waals surface area contributed by atoms with E-state index in [0.29, 0.717) is 38.8 Å². The van der Waals surface area contributed by atoms with E-state index in [1.54, 1.807) is 13.8 Å². The van der Waals surface area contributed by atoms with Crippen molar-refractivity contribution < 1.29 is 48.6 Å². The van der Waals surface area contributed by atoms with Crippen LogP contribution in [0.15, 0.2) is 0 Å². The molecule has 18 heteroatoms. The third-order valence-corrected chi connectivity index (χ3v) is 7.81. The van der Waals surface area contributed by atoms with E-state index in [-0.39, 0.29) is 19.3 Å². The molecule has 1 rings (SSSR count). The molecule has 12 N–H and O–H groups in total. The highest BCUT2D eigenvalue weighted by atomic mass is 16.4. The van der Waals surface area contributed by atoms with E-state index in [2.05, 4.69) is 31.9 Å².